The predicted molar refractivity (Wildman–Crippen MR) is 125 cm³/mol. The lowest BCUT2D eigenvalue weighted by Gasteiger charge is -2.14. The predicted octanol–water partition coefficient (Wildman–Crippen LogP) is 6.71. The number of rotatable bonds is 9. The molecule has 1 amide bonds. The molecular weight excluding hydrogens is 443 g/mol. The first-order valence-electron chi connectivity index (χ1n) is 9.47. The maximum absolute atomic E-state index is 12.3. The van der Waals surface area contributed by atoms with Crippen LogP contribution in [0.15, 0.2) is 66.7 Å². The van der Waals surface area contributed by atoms with E-state index in [0.717, 1.165) is 18.5 Å². The van der Waals surface area contributed by atoms with E-state index < -0.39 is 0 Å². The van der Waals surface area contributed by atoms with Crippen LogP contribution in [0.1, 0.15) is 12.0 Å². The fraction of sp³-hybridized carbons (Fsp3) is 0.174. The van der Waals surface area contributed by atoms with Gasteiger partial charge in [-0.15, -0.1) is 0 Å². The highest BCUT2D eigenvalue weighted by Crippen LogP contribution is 2.32. The summed E-state index contributed by atoms with van der Waals surface area (Å²) in [7, 11) is 0. The van der Waals surface area contributed by atoms with Crippen LogP contribution in [0.5, 0.6) is 5.75 Å². The molecule has 30 heavy (non-hydrogen) atoms. The first-order valence-corrected chi connectivity index (χ1v) is 10.6. The van der Waals surface area contributed by atoms with Gasteiger partial charge in [0.2, 0.25) is 5.91 Å². The van der Waals surface area contributed by atoms with Crippen molar-refractivity contribution < 1.29 is 9.53 Å². The Labute approximate surface area is 191 Å². The molecule has 0 aliphatic rings. The largest absolute Gasteiger partial charge is 0.491 e. The van der Waals surface area contributed by atoms with Crippen LogP contribution in [0.3, 0.4) is 0 Å². The number of nitrogens with one attached hydrogen (secondary N) is 2. The average Bonchev–Trinajstić information content (AvgIpc) is 2.75. The summed E-state index contributed by atoms with van der Waals surface area (Å²) >= 11 is 18.0. The highest BCUT2D eigenvalue weighted by Gasteiger charge is 2.10. The summed E-state index contributed by atoms with van der Waals surface area (Å²) in [5.41, 5.74) is 2.43. The number of carbonyl (C=O) groups is 1. The normalized spacial score (nSPS) is 10.5. The van der Waals surface area contributed by atoms with E-state index in [1.54, 1.807) is 0 Å². The van der Waals surface area contributed by atoms with E-state index in [2.05, 4.69) is 22.8 Å². The van der Waals surface area contributed by atoms with Crippen molar-refractivity contribution in [1.82, 2.24) is 0 Å². The van der Waals surface area contributed by atoms with Gasteiger partial charge in [0, 0.05) is 0 Å². The fourth-order valence-electron chi connectivity index (χ4n) is 2.83. The lowest BCUT2D eigenvalue weighted by Crippen LogP contribution is -2.22. The van der Waals surface area contributed by atoms with Gasteiger partial charge in [-0.25, -0.2) is 0 Å². The summed E-state index contributed by atoms with van der Waals surface area (Å²) in [6, 6.07) is 20.8. The van der Waals surface area contributed by atoms with Crippen LogP contribution in [0, 0.1) is 0 Å². The monoisotopic (exact) mass is 462 g/mol. The molecule has 0 spiro atoms. The topological polar surface area (TPSA) is 50.4 Å². The number of para-hydroxylation sites is 2. The Morgan fingerprint density at radius 3 is 2.33 bits per heavy atom. The molecule has 3 aromatic rings. The van der Waals surface area contributed by atoms with Crippen LogP contribution >= 0.6 is 34.8 Å². The van der Waals surface area contributed by atoms with Crippen LogP contribution in [-0.2, 0) is 11.2 Å². The van der Waals surface area contributed by atoms with E-state index >= 15 is 0 Å². The van der Waals surface area contributed by atoms with Gasteiger partial charge < -0.3 is 15.4 Å². The maximum Gasteiger partial charge on any atom is 0.243 e. The van der Waals surface area contributed by atoms with E-state index in [9.17, 15) is 4.79 Å². The molecule has 4 nitrogen and oxygen atoms in total. The van der Waals surface area contributed by atoms with Gasteiger partial charge in [0.05, 0.1) is 39.6 Å². The highest BCUT2D eigenvalue weighted by molar-refractivity contribution is 6.44. The number of ether oxygens (including phenoxy) is 1. The van der Waals surface area contributed by atoms with Crippen molar-refractivity contribution in [3.05, 3.63) is 87.4 Å². The van der Waals surface area contributed by atoms with E-state index in [4.69, 9.17) is 39.5 Å². The van der Waals surface area contributed by atoms with Crippen LogP contribution < -0.4 is 15.4 Å². The molecule has 0 aromatic heterocycles. The molecule has 0 aliphatic heterocycles. The average molecular weight is 464 g/mol. The van der Waals surface area contributed by atoms with Crippen molar-refractivity contribution in [3.63, 3.8) is 0 Å². The number of carbonyl (C=O) groups excluding carboxylic acids is 1. The SMILES string of the molecule is O=C(CNc1ccccc1OCCCc1ccccc1)Nc1cc(Cl)c(Cl)cc1Cl. The molecule has 2 N–H and O–H groups in total. The molecule has 0 atom stereocenters. The second-order valence-corrected chi connectivity index (χ2v) is 7.80. The molecule has 0 unspecified atom stereocenters. The van der Waals surface area contributed by atoms with Crippen molar-refractivity contribution in [1.29, 1.82) is 0 Å². The molecule has 3 rings (SSSR count). The number of anilines is 2. The standard InChI is InChI=1S/C23H21Cl3N2O2/c24-17-13-19(26)21(14-18(17)25)28-23(29)15-27-20-10-4-5-11-22(20)30-12-6-9-16-7-2-1-3-8-16/h1-5,7-8,10-11,13-14,27H,6,9,12,15H2,(H,28,29). The summed E-state index contributed by atoms with van der Waals surface area (Å²) in [5.74, 6) is 0.431. The number of amides is 1. The lowest BCUT2D eigenvalue weighted by molar-refractivity contribution is -0.114. The van der Waals surface area contributed by atoms with Gasteiger partial charge >= 0.3 is 0 Å². The van der Waals surface area contributed by atoms with Crippen molar-refractivity contribution in [2.45, 2.75) is 12.8 Å². The summed E-state index contributed by atoms with van der Waals surface area (Å²) in [6.45, 7) is 0.625. The Balaban J connectivity index is 1.50. The highest BCUT2D eigenvalue weighted by atomic mass is 35.5. The Morgan fingerprint density at radius 2 is 1.53 bits per heavy atom. The summed E-state index contributed by atoms with van der Waals surface area (Å²) in [6.07, 6.45) is 1.85. The molecule has 156 valence electrons. The van der Waals surface area contributed by atoms with Crippen LogP contribution in [-0.4, -0.2) is 19.1 Å². The number of aryl methyl sites for hydroxylation is 1. The number of benzene rings is 3. The molecular formula is C23H21Cl3N2O2. The zero-order valence-electron chi connectivity index (χ0n) is 16.1. The van der Waals surface area contributed by atoms with E-state index in [-0.39, 0.29) is 12.5 Å². The summed E-state index contributed by atoms with van der Waals surface area (Å²) in [5, 5.41) is 6.79. The van der Waals surface area contributed by atoms with Gasteiger partial charge in [0.1, 0.15) is 5.75 Å². The van der Waals surface area contributed by atoms with Crippen LogP contribution in [0.2, 0.25) is 15.1 Å². The second-order valence-electron chi connectivity index (χ2n) is 6.58. The molecule has 3 aromatic carbocycles. The lowest BCUT2D eigenvalue weighted by atomic mass is 10.1. The molecule has 7 heteroatoms. The molecule has 0 saturated carbocycles. The van der Waals surface area contributed by atoms with Gasteiger partial charge in [0.25, 0.3) is 0 Å². The summed E-state index contributed by atoms with van der Waals surface area (Å²) in [4.78, 5) is 12.3. The first-order chi connectivity index (χ1) is 14.5. The smallest absolute Gasteiger partial charge is 0.243 e. The van der Waals surface area contributed by atoms with Crippen molar-refractivity contribution in [2.75, 3.05) is 23.8 Å². The minimum Gasteiger partial charge on any atom is -0.491 e. The minimum atomic E-state index is -0.269. The maximum atomic E-state index is 12.3. The van der Waals surface area contributed by atoms with E-state index in [1.807, 2.05) is 42.5 Å². The third-order valence-electron chi connectivity index (χ3n) is 4.32. The Morgan fingerprint density at radius 1 is 0.833 bits per heavy atom. The van der Waals surface area contributed by atoms with Crippen LogP contribution in [0.25, 0.3) is 0 Å². The minimum absolute atomic E-state index is 0.0426. The zero-order chi connectivity index (χ0) is 21.3. The first kappa shape index (κ1) is 22.3. The molecule has 0 bridgehead atoms. The number of hydrogen-bond acceptors (Lipinski definition) is 3. The van der Waals surface area contributed by atoms with Gasteiger partial charge in [-0.05, 0) is 42.7 Å². The van der Waals surface area contributed by atoms with Gasteiger partial charge in [-0.2, -0.15) is 0 Å². The van der Waals surface area contributed by atoms with Gasteiger partial charge in [0.15, 0.2) is 0 Å². The molecule has 0 heterocycles. The zero-order valence-corrected chi connectivity index (χ0v) is 18.4. The van der Waals surface area contributed by atoms with E-state index in [1.165, 1.54) is 17.7 Å². The molecule has 0 fully saturated rings. The summed E-state index contributed by atoms with van der Waals surface area (Å²) < 4.78 is 5.91. The van der Waals surface area contributed by atoms with Gasteiger partial charge in [-0.1, -0.05) is 77.3 Å². The van der Waals surface area contributed by atoms with Gasteiger partial charge in [-0.3, -0.25) is 4.79 Å². The third kappa shape index (κ3) is 6.56. The quantitative estimate of drug-likeness (QED) is 0.274. The Bertz CT molecular complexity index is 997. The fourth-order valence-corrected chi connectivity index (χ4v) is 3.42. The molecule has 0 aliphatic carbocycles. The Kier molecular flexibility index (Phi) is 8.26. The van der Waals surface area contributed by atoms with Crippen molar-refractivity contribution >= 4 is 52.1 Å². The third-order valence-corrected chi connectivity index (χ3v) is 5.36. The number of hydrogen-bond donors (Lipinski definition) is 2. The molecule has 0 radical (unpaired) electrons. The Hall–Kier alpha value is -2.40. The van der Waals surface area contributed by atoms with Crippen molar-refractivity contribution in [3.8, 4) is 5.75 Å². The van der Waals surface area contributed by atoms with Crippen molar-refractivity contribution in [2.24, 2.45) is 0 Å². The second kappa shape index (κ2) is 11.1. The van der Waals surface area contributed by atoms with Crippen LogP contribution in [0.4, 0.5) is 11.4 Å². The van der Waals surface area contributed by atoms with E-state index in [0.29, 0.717) is 33.1 Å². The molecule has 0 saturated heterocycles. The number of halogens is 3.